The van der Waals surface area contributed by atoms with Crippen molar-refractivity contribution in [2.45, 2.75) is 38.3 Å². The molecule has 2 heterocycles. The van der Waals surface area contributed by atoms with Crippen molar-refractivity contribution in [3.8, 4) is 0 Å². The van der Waals surface area contributed by atoms with Gasteiger partial charge in [0.05, 0.1) is 18.0 Å². The third-order valence-electron chi connectivity index (χ3n) is 2.90. The van der Waals surface area contributed by atoms with Crippen LogP contribution in [-0.4, -0.2) is 28.5 Å². The van der Waals surface area contributed by atoms with Crippen LogP contribution in [0.1, 0.15) is 26.2 Å². The zero-order valence-corrected chi connectivity index (χ0v) is 9.44. The van der Waals surface area contributed by atoms with Crippen molar-refractivity contribution in [2.75, 3.05) is 11.9 Å². The second-order valence-corrected chi connectivity index (χ2v) is 4.17. The first kappa shape index (κ1) is 10.5. The van der Waals surface area contributed by atoms with E-state index in [0.29, 0.717) is 12.1 Å². The van der Waals surface area contributed by atoms with Crippen molar-refractivity contribution in [2.24, 2.45) is 7.05 Å². The number of nitrogens with zero attached hydrogens (tertiary/aromatic N) is 2. The lowest BCUT2D eigenvalue weighted by Crippen LogP contribution is -2.33. The Bertz CT molecular complexity index is 311. The number of anilines is 1. The summed E-state index contributed by atoms with van der Waals surface area (Å²) in [5.74, 6) is 0. The number of hydrogen-bond donors (Lipinski definition) is 1. The van der Waals surface area contributed by atoms with Crippen LogP contribution in [0.3, 0.4) is 0 Å². The molecule has 0 saturated carbocycles. The van der Waals surface area contributed by atoms with E-state index < -0.39 is 0 Å². The van der Waals surface area contributed by atoms with Crippen LogP contribution in [0, 0.1) is 0 Å². The highest BCUT2D eigenvalue weighted by Crippen LogP contribution is 2.19. The fourth-order valence-corrected chi connectivity index (χ4v) is 2.03. The van der Waals surface area contributed by atoms with Gasteiger partial charge in [0.1, 0.15) is 0 Å². The van der Waals surface area contributed by atoms with Crippen molar-refractivity contribution in [3.05, 3.63) is 12.4 Å². The molecular formula is C11H19N3O. The fourth-order valence-electron chi connectivity index (χ4n) is 2.03. The first-order valence-corrected chi connectivity index (χ1v) is 5.64. The topological polar surface area (TPSA) is 39.1 Å². The first-order chi connectivity index (χ1) is 7.28. The van der Waals surface area contributed by atoms with E-state index in [1.54, 1.807) is 0 Å². The number of ether oxygens (including phenoxy) is 1. The highest BCUT2D eigenvalue weighted by Gasteiger charge is 2.21. The molecule has 2 atom stereocenters. The molecule has 0 amide bonds. The van der Waals surface area contributed by atoms with Gasteiger partial charge in [-0.15, -0.1) is 0 Å². The Kier molecular flexibility index (Phi) is 3.26. The molecule has 1 aromatic heterocycles. The number of aromatic nitrogens is 2. The van der Waals surface area contributed by atoms with Gasteiger partial charge in [0.15, 0.2) is 0 Å². The maximum absolute atomic E-state index is 5.64. The van der Waals surface area contributed by atoms with Gasteiger partial charge < -0.3 is 10.1 Å². The third kappa shape index (κ3) is 2.72. The molecule has 1 aromatic rings. The summed E-state index contributed by atoms with van der Waals surface area (Å²) in [6.45, 7) is 3.05. The summed E-state index contributed by atoms with van der Waals surface area (Å²) in [6.07, 6.45) is 7.60. The predicted molar refractivity (Wildman–Crippen MR) is 59.9 cm³/mol. The predicted octanol–water partition coefficient (Wildman–Crippen LogP) is 1.79. The highest BCUT2D eigenvalue weighted by atomic mass is 16.5. The molecule has 84 valence electrons. The zero-order valence-electron chi connectivity index (χ0n) is 9.44. The molecule has 2 unspecified atom stereocenters. The smallest absolute Gasteiger partial charge is 0.0728 e. The molecule has 0 radical (unpaired) electrons. The Labute approximate surface area is 90.6 Å². The molecule has 4 nitrogen and oxygen atoms in total. The van der Waals surface area contributed by atoms with Crippen LogP contribution in [0.5, 0.6) is 0 Å². The number of hydrogen-bond acceptors (Lipinski definition) is 3. The van der Waals surface area contributed by atoms with Gasteiger partial charge in [-0.25, -0.2) is 0 Å². The van der Waals surface area contributed by atoms with Crippen LogP contribution in [-0.2, 0) is 11.8 Å². The summed E-state index contributed by atoms with van der Waals surface area (Å²) in [7, 11) is 1.93. The van der Waals surface area contributed by atoms with Crippen LogP contribution in [0.15, 0.2) is 12.4 Å². The molecule has 0 aliphatic carbocycles. The summed E-state index contributed by atoms with van der Waals surface area (Å²) in [5, 5.41) is 7.65. The molecule has 15 heavy (non-hydrogen) atoms. The van der Waals surface area contributed by atoms with E-state index >= 15 is 0 Å². The van der Waals surface area contributed by atoms with E-state index in [4.69, 9.17) is 4.74 Å². The van der Waals surface area contributed by atoms with Gasteiger partial charge in [-0.2, -0.15) is 5.10 Å². The molecule has 1 saturated heterocycles. The van der Waals surface area contributed by atoms with Gasteiger partial charge in [0.25, 0.3) is 0 Å². The average molecular weight is 209 g/mol. The quantitative estimate of drug-likeness (QED) is 0.825. The average Bonchev–Trinajstić information content (AvgIpc) is 2.64. The van der Waals surface area contributed by atoms with E-state index in [0.717, 1.165) is 31.6 Å². The molecule has 0 spiro atoms. The normalized spacial score (nSPS) is 26.5. The minimum absolute atomic E-state index is 0.424. The second-order valence-electron chi connectivity index (χ2n) is 4.17. The lowest BCUT2D eigenvalue weighted by molar-refractivity contribution is 0.00925. The Morgan fingerprint density at radius 2 is 2.53 bits per heavy atom. The zero-order chi connectivity index (χ0) is 10.7. The molecule has 4 heteroatoms. The van der Waals surface area contributed by atoms with E-state index in [2.05, 4.69) is 17.3 Å². The minimum Gasteiger partial charge on any atom is -0.380 e. The number of rotatable bonds is 3. The molecule has 0 bridgehead atoms. The fraction of sp³-hybridized carbons (Fsp3) is 0.727. The van der Waals surface area contributed by atoms with E-state index in [1.807, 2.05) is 24.1 Å². The minimum atomic E-state index is 0.424. The van der Waals surface area contributed by atoms with Gasteiger partial charge >= 0.3 is 0 Å². The van der Waals surface area contributed by atoms with Gasteiger partial charge in [-0.3, -0.25) is 4.68 Å². The van der Waals surface area contributed by atoms with Crippen LogP contribution in [0.4, 0.5) is 5.69 Å². The molecule has 1 aliphatic heterocycles. The first-order valence-electron chi connectivity index (χ1n) is 5.64. The Balaban J connectivity index is 1.88. The monoisotopic (exact) mass is 209 g/mol. The Hall–Kier alpha value is -1.03. The van der Waals surface area contributed by atoms with Crippen molar-refractivity contribution < 1.29 is 4.74 Å². The SMILES string of the molecule is CCC1CC(Nc2cnn(C)c2)CCO1. The van der Waals surface area contributed by atoms with Gasteiger partial charge in [-0.05, 0) is 19.3 Å². The number of nitrogens with one attached hydrogen (secondary N) is 1. The van der Waals surface area contributed by atoms with Gasteiger partial charge in [0.2, 0.25) is 0 Å². The lowest BCUT2D eigenvalue weighted by Gasteiger charge is -2.29. The van der Waals surface area contributed by atoms with Crippen LogP contribution in [0.25, 0.3) is 0 Å². The van der Waals surface area contributed by atoms with Crippen molar-refractivity contribution in [1.82, 2.24) is 9.78 Å². The summed E-state index contributed by atoms with van der Waals surface area (Å²) < 4.78 is 7.46. The van der Waals surface area contributed by atoms with Crippen molar-refractivity contribution >= 4 is 5.69 Å². The molecule has 1 N–H and O–H groups in total. The number of aryl methyl sites for hydroxylation is 1. The molecule has 1 fully saturated rings. The Morgan fingerprint density at radius 3 is 3.20 bits per heavy atom. The van der Waals surface area contributed by atoms with Crippen LogP contribution >= 0.6 is 0 Å². The summed E-state index contributed by atoms with van der Waals surface area (Å²) in [5.41, 5.74) is 1.11. The molecule has 2 rings (SSSR count). The van der Waals surface area contributed by atoms with Gasteiger partial charge in [-0.1, -0.05) is 6.92 Å². The second kappa shape index (κ2) is 4.66. The molecule has 1 aliphatic rings. The maximum Gasteiger partial charge on any atom is 0.0728 e. The van der Waals surface area contributed by atoms with Crippen LogP contribution < -0.4 is 5.32 Å². The third-order valence-corrected chi connectivity index (χ3v) is 2.90. The van der Waals surface area contributed by atoms with E-state index in [9.17, 15) is 0 Å². The summed E-state index contributed by atoms with van der Waals surface area (Å²) >= 11 is 0. The standard InChI is InChI=1S/C11H19N3O/c1-3-11-6-9(4-5-15-11)13-10-7-12-14(2)8-10/h7-9,11,13H,3-6H2,1-2H3. The van der Waals surface area contributed by atoms with Crippen molar-refractivity contribution in [3.63, 3.8) is 0 Å². The Morgan fingerprint density at radius 1 is 1.67 bits per heavy atom. The lowest BCUT2D eigenvalue weighted by atomic mass is 10.0. The van der Waals surface area contributed by atoms with Crippen molar-refractivity contribution in [1.29, 1.82) is 0 Å². The molecule has 0 aromatic carbocycles. The highest BCUT2D eigenvalue weighted by molar-refractivity contribution is 5.39. The molecular weight excluding hydrogens is 190 g/mol. The summed E-state index contributed by atoms with van der Waals surface area (Å²) in [4.78, 5) is 0. The van der Waals surface area contributed by atoms with E-state index in [1.165, 1.54) is 0 Å². The summed E-state index contributed by atoms with van der Waals surface area (Å²) in [6, 6.07) is 0.535. The van der Waals surface area contributed by atoms with Gasteiger partial charge in [0, 0.05) is 25.9 Å². The maximum atomic E-state index is 5.64. The van der Waals surface area contributed by atoms with Crippen LogP contribution in [0.2, 0.25) is 0 Å². The largest absolute Gasteiger partial charge is 0.380 e. The van der Waals surface area contributed by atoms with E-state index in [-0.39, 0.29) is 0 Å².